The lowest BCUT2D eigenvalue weighted by atomic mass is 10.0. The van der Waals surface area contributed by atoms with Gasteiger partial charge in [0.1, 0.15) is 5.70 Å². The van der Waals surface area contributed by atoms with Gasteiger partial charge < -0.3 is 5.32 Å². The number of hydrogen-bond donors (Lipinski definition) is 1. The standard InChI is InChI=1S/C26H24N2O2/c1-16-5-10-20(11-6-16)23-24(27-21-12-7-17(2)8-13-21)26(30)28(25(23)29)22-14-9-18(3)19(4)15-22/h5-15,27H,1-4H3. The first-order valence-electron chi connectivity index (χ1n) is 9.96. The Balaban J connectivity index is 1.82. The van der Waals surface area contributed by atoms with Crippen molar-refractivity contribution in [1.29, 1.82) is 0 Å². The second-order valence-electron chi connectivity index (χ2n) is 7.82. The molecule has 0 saturated heterocycles. The molecule has 0 aliphatic carbocycles. The summed E-state index contributed by atoms with van der Waals surface area (Å²) in [6.07, 6.45) is 0. The molecule has 4 heteroatoms. The van der Waals surface area contributed by atoms with Crippen LogP contribution in [-0.2, 0) is 9.59 Å². The maximum absolute atomic E-state index is 13.5. The lowest BCUT2D eigenvalue weighted by molar-refractivity contribution is -0.120. The van der Waals surface area contributed by atoms with Gasteiger partial charge in [-0.05, 0) is 68.7 Å². The van der Waals surface area contributed by atoms with Crippen LogP contribution in [0.1, 0.15) is 27.8 Å². The predicted octanol–water partition coefficient (Wildman–Crippen LogP) is 5.32. The molecule has 0 bridgehead atoms. The summed E-state index contributed by atoms with van der Waals surface area (Å²) >= 11 is 0. The molecule has 2 amide bonds. The molecule has 0 spiro atoms. The molecule has 3 aromatic carbocycles. The Morgan fingerprint density at radius 2 is 1.27 bits per heavy atom. The number of anilines is 2. The lowest BCUT2D eigenvalue weighted by Gasteiger charge is -2.17. The summed E-state index contributed by atoms with van der Waals surface area (Å²) in [5.41, 5.74) is 7.12. The first kappa shape index (κ1) is 19.6. The van der Waals surface area contributed by atoms with E-state index in [1.54, 1.807) is 0 Å². The zero-order valence-electron chi connectivity index (χ0n) is 17.6. The van der Waals surface area contributed by atoms with Crippen LogP contribution in [0.15, 0.2) is 72.4 Å². The van der Waals surface area contributed by atoms with Crippen molar-refractivity contribution in [2.45, 2.75) is 27.7 Å². The molecule has 4 rings (SSSR count). The van der Waals surface area contributed by atoms with Crippen molar-refractivity contribution in [2.24, 2.45) is 0 Å². The fraction of sp³-hybridized carbons (Fsp3) is 0.154. The molecular weight excluding hydrogens is 372 g/mol. The zero-order chi connectivity index (χ0) is 21.4. The van der Waals surface area contributed by atoms with Gasteiger partial charge in [-0.3, -0.25) is 9.59 Å². The summed E-state index contributed by atoms with van der Waals surface area (Å²) in [4.78, 5) is 28.1. The Bertz CT molecular complexity index is 1170. The molecule has 0 unspecified atom stereocenters. The highest BCUT2D eigenvalue weighted by molar-refractivity contribution is 6.46. The highest BCUT2D eigenvalue weighted by Gasteiger charge is 2.40. The smallest absolute Gasteiger partial charge is 0.282 e. The highest BCUT2D eigenvalue weighted by atomic mass is 16.2. The van der Waals surface area contributed by atoms with E-state index >= 15 is 0 Å². The number of imide groups is 1. The van der Waals surface area contributed by atoms with Crippen LogP contribution >= 0.6 is 0 Å². The average molecular weight is 396 g/mol. The van der Waals surface area contributed by atoms with Gasteiger partial charge in [0.15, 0.2) is 0 Å². The number of hydrogen-bond acceptors (Lipinski definition) is 3. The third-order valence-electron chi connectivity index (χ3n) is 5.49. The average Bonchev–Trinajstić information content (AvgIpc) is 2.96. The van der Waals surface area contributed by atoms with Gasteiger partial charge >= 0.3 is 0 Å². The minimum absolute atomic E-state index is 0.297. The van der Waals surface area contributed by atoms with Crippen LogP contribution in [0.4, 0.5) is 11.4 Å². The molecule has 1 heterocycles. The molecule has 30 heavy (non-hydrogen) atoms. The molecule has 1 aliphatic rings. The molecule has 0 aromatic heterocycles. The summed E-state index contributed by atoms with van der Waals surface area (Å²) in [6, 6.07) is 21.1. The van der Waals surface area contributed by atoms with Crippen LogP contribution in [-0.4, -0.2) is 11.8 Å². The number of carbonyl (C=O) groups is 2. The molecule has 0 radical (unpaired) electrons. The van der Waals surface area contributed by atoms with Crippen LogP contribution in [0.2, 0.25) is 0 Å². The van der Waals surface area contributed by atoms with E-state index in [9.17, 15) is 9.59 Å². The van der Waals surface area contributed by atoms with Crippen LogP contribution in [0, 0.1) is 27.7 Å². The van der Waals surface area contributed by atoms with E-state index in [1.807, 2.05) is 94.4 Å². The number of amides is 2. The van der Waals surface area contributed by atoms with Crippen molar-refractivity contribution >= 4 is 28.8 Å². The first-order valence-corrected chi connectivity index (χ1v) is 9.96. The van der Waals surface area contributed by atoms with Gasteiger partial charge in [0.05, 0.1) is 11.3 Å². The van der Waals surface area contributed by atoms with Gasteiger partial charge in [0.25, 0.3) is 11.8 Å². The Morgan fingerprint density at radius 1 is 0.667 bits per heavy atom. The van der Waals surface area contributed by atoms with E-state index in [4.69, 9.17) is 0 Å². The summed E-state index contributed by atoms with van der Waals surface area (Å²) < 4.78 is 0. The number of nitrogens with zero attached hydrogens (tertiary/aromatic N) is 1. The zero-order valence-corrected chi connectivity index (χ0v) is 17.6. The summed E-state index contributed by atoms with van der Waals surface area (Å²) in [6.45, 7) is 7.98. The van der Waals surface area contributed by atoms with Crippen molar-refractivity contribution in [3.8, 4) is 0 Å². The normalized spacial score (nSPS) is 13.9. The Kier molecular flexibility index (Phi) is 5.00. The molecule has 3 aromatic rings. The molecule has 0 saturated carbocycles. The van der Waals surface area contributed by atoms with Gasteiger partial charge in [-0.2, -0.15) is 0 Å². The molecular formula is C26H24N2O2. The van der Waals surface area contributed by atoms with Crippen LogP contribution in [0.25, 0.3) is 5.57 Å². The van der Waals surface area contributed by atoms with E-state index < -0.39 is 0 Å². The topological polar surface area (TPSA) is 49.4 Å². The van der Waals surface area contributed by atoms with Gasteiger partial charge in [-0.15, -0.1) is 0 Å². The third-order valence-corrected chi connectivity index (χ3v) is 5.49. The maximum Gasteiger partial charge on any atom is 0.282 e. The number of carbonyl (C=O) groups excluding carboxylic acids is 2. The van der Waals surface area contributed by atoms with Crippen molar-refractivity contribution in [1.82, 2.24) is 0 Å². The molecule has 1 aliphatic heterocycles. The third kappa shape index (κ3) is 3.52. The fourth-order valence-electron chi connectivity index (χ4n) is 3.51. The fourth-order valence-corrected chi connectivity index (χ4v) is 3.51. The second kappa shape index (κ2) is 7.64. The van der Waals surface area contributed by atoms with Gasteiger partial charge in [0.2, 0.25) is 0 Å². The van der Waals surface area contributed by atoms with Crippen molar-refractivity contribution < 1.29 is 9.59 Å². The van der Waals surface area contributed by atoms with E-state index in [1.165, 1.54) is 4.90 Å². The number of rotatable bonds is 4. The van der Waals surface area contributed by atoms with Crippen molar-refractivity contribution in [2.75, 3.05) is 10.2 Å². The van der Waals surface area contributed by atoms with Crippen molar-refractivity contribution in [3.05, 3.63) is 100 Å². The Morgan fingerprint density at radius 3 is 1.87 bits per heavy atom. The van der Waals surface area contributed by atoms with Crippen LogP contribution in [0.3, 0.4) is 0 Å². The molecule has 4 nitrogen and oxygen atoms in total. The van der Waals surface area contributed by atoms with Crippen LogP contribution < -0.4 is 10.2 Å². The summed E-state index contributed by atoms with van der Waals surface area (Å²) in [7, 11) is 0. The maximum atomic E-state index is 13.5. The quantitative estimate of drug-likeness (QED) is 0.608. The predicted molar refractivity (Wildman–Crippen MR) is 121 cm³/mol. The van der Waals surface area contributed by atoms with Crippen LogP contribution in [0.5, 0.6) is 0 Å². The Hall–Kier alpha value is -3.66. The van der Waals surface area contributed by atoms with Gasteiger partial charge in [-0.25, -0.2) is 4.90 Å². The molecule has 0 atom stereocenters. The largest absolute Gasteiger partial charge is 0.350 e. The van der Waals surface area contributed by atoms with E-state index in [-0.39, 0.29) is 11.8 Å². The minimum atomic E-state index is -0.348. The van der Waals surface area contributed by atoms with Gasteiger partial charge in [-0.1, -0.05) is 53.6 Å². The SMILES string of the molecule is Cc1ccc(NC2=C(c3ccc(C)cc3)C(=O)N(c3ccc(C)c(C)c3)C2=O)cc1. The number of aryl methyl sites for hydroxylation is 4. The molecule has 150 valence electrons. The van der Waals surface area contributed by atoms with Gasteiger partial charge in [0, 0.05) is 5.69 Å². The monoisotopic (exact) mass is 396 g/mol. The minimum Gasteiger partial charge on any atom is -0.350 e. The van der Waals surface area contributed by atoms with E-state index in [2.05, 4.69) is 5.32 Å². The number of benzene rings is 3. The lowest BCUT2D eigenvalue weighted by Crippen LogP contribution is -2.32. The summed E-state index contributed by atoms with van der Waals surface area (Å²) in [5.74, 6) is -0.666. The molecule has 1 N–H and O–H groups in total. The Labute approximate surface area is 176 Å². The van der Waals surface area contributed by atoms with E-state index in [0.29, 0.717) is 17.0 Å². The molecule has 0 fully saturated rings. The summed E-state index contributed by atoms with van der Waals surface area (Å²) in [5, 5.41) is 3.20. The first-order chi connectivity index (χ1) is 14.3. The van der Waals surface area contributed by atoms with Crippen molar-refractivity contribution in [3.63, 3.8) is 0 Å². The van der Waals surface area contributed by atoms with E-state index in [0.717, 1.165) is 33.5 Å². The second-order valence-corrected chi connectivity index (χ2v) is 7.82. The number of nitrogens with one attached hydrogen (secondary N) is 1. The highest BCUT2D eigenvalue weighted by Crippen LogP contribution is 2.34.